The molecule has 6 heteroatoms. The summed E-state index contributed by atoms with van der Waals surface area (Å²) in [5.74, 6) is 0. The van der Waals surface area contributed by atoms with E-state index in [4.69, 9.17) is 9.05 Å². The van der Waals surface area contributed by atoms with E-state index in [-0.39, 0.29) is 10.9 Å². The Balaban J connectivity index is 2.57. The fourth-order valence-electron chi connectivity index (χ4n) is 0.922. The Morgan fingerprint density at radius 2 is 1.85 bits per heavy atom. The highest BCUT2D eigenvalue weighted by Crippen LogP contribution is 2.53. The van der Waals surface area contributed by atoms with Crippen LogP contribution < -0.4 is 0 Å². The molecule has 0 bridgehead atoms. The van der Waals surface area contributed by atoms with Crippen LogP contribution in [0.25, 0.3) is 0 Å². The van der Waals surface area contributed by atoms with Crippen LogP contribution in [0.5, 0.6) is 0 Å². The van der Waals surface area contributed by atoms with Crippen molar-refractivity contribution in [3.8, 4) is 0 Å². The number of hydrogen-bond acceptors (Lipinski definition) is 4. The van der Waals surface area contributed by atoms with Gasteiger partial charge in [-0.2, -0.15) is 0 Å². The van der Waals surface area contributed by atoms with Crippen LogP contribution in [0, 0.1) is 5.41 Å². The minimum Gasteiger partial charge on any atom is -0.307 e. The molecule has 0 amide bonds. The normalized spacial score (nSPS) is 28.2. The van der Waals surface area contributed by atoms with Crippen molar-refractivity contribution in [1.82, 2.24) is 0 Å². The van der Waals surface area contributed by atoms with E-state index in [1.54, 1.807) is 0 Å². The van der Waals surface area contributed by atoms with Gasteiger partial charge in [-0.05, 0) is 0 Å². The third-order valence-electron chi connectivity index (χ3n) is 1.64. The van der Waals surface area contributed by atoms with Crippen LogP contribution in [-0.4, -0.2) is 29.2 Å². The van der Waals surface area contributed by atoms with E-state index in [9.17, 15) is 8.77 Å². The Kier molecular flexibility index (Phi) is 3.33. The highest BCUT2D eigenvalue weighted by atomic mass is 32.2. The topological polar surface area (TPSA) is 52.6 Å². The third-order valence-corrected chi connectivity index (χ3v) is 5.41. The SMILES string of the molecule is CS(=O)CP1(=O)OCC(C)(C)CO1. The molecular weight excluding hydrogens is 211 g/mol. The predicted molar refractivity (Wildman–Crippen MR) is 52.2 cm³/mol. The smallest absolute Gasteiger partial charge is 0.307 e. The lowest BCUT2D eigenvalue weighted by Crippen LogP contribution is -2.30. The van der Waals surface area contributed by atoms with Gasteiger partial charge in [0.15, 0.2) is 0 Å². The predicted octanol–water partition coefficient (Wildman–Crippen LogP) is 1.59. The van der Waals surface area contributed by atoms with Crippen molar-refractivity contribution in [2.75, 3.05) is 25.0 Å². The summed E-state index contributed by atoms with van der Waals surface area (Å²) < 4.78 is 32.8. The first-order valence-corrected chi connectivity index (χ1v) is 7.47. The lowest BCUT2D eigenvalue weighted by atomic mass is 9.97. The molecule has 1 fully saturated rings. The molecule has 0 aliphatic carbocycles. The summed E-state index contributed by atoms with van der Waals surface area (Å²) in [6, 6.07) is 0. The van der Waals surface area contributed by atoms with Crippen LogP contribution in [0.4, 0.5) is 0 Å². The molecule has 1 heterocycles. The first-order chi connectivity index (χ1) is 5.83. The number of hydrogen-bond donors (Lipinski definition) is 0. The van der Waals surface area contributed by atoms with Gasteiger partial charge in [-0.15, -0.1) is 0 Å². The van der Waals surface area contributed by atoms with Crippen molar-refractivity contribution in [1.29, 1.82) is 0 Å². The summed E-state index contributed by atoms with van der Waals surface area (Å²) in [5.41, 5.74) is -0.0910. The van der Waals surface area contributed by atoms with E-state index < -0.39 is 18.4 Å². The minimum atomic E-state index is -3.05. The summed E-state index contributed by atoms with van der Waals surface area (Å²) in [6.07, 6.45) is 1.49. The van der Waals surface area contributed by atoms with E-state index in [1.807, 2.05) is 13.8 Å². The van der Waals surface area contributed by atoms with Crippen molar-refractivity contribution in [2.24, 2.45) is 5.41 Å². The minimum absolute atomic E-state index is 0.00306. The van der Waals surface area contributed by atoms with Crippen molar-refractivity contribution in [3.63, 3.8) is 0 Å². The summed E-state index contributed by atoms with van der Waals surface area (Å²) in [6.45, 7) is 4.75. The second-order valence-electron chi connectivity index (χ2n) is 4.02. The molecule has 0 aromatic carbocycles. The molecule has 1 aliphatic heterocycles. The van der Waals surface area contributed by atoms with Crippen LogP contribution in [0.3, 0.4) is 0 Å². The Labute approximate surface area is 81.0 Å². The van der Waals surface area contributed by atoms with Gasteiger partial charge in [-0.3, -0.25) is 8.77 Å². The monoisotopic (exact) mass is 226 g/mol. The van der Waals surface area contributed by atoms with E-state index in [0.29, 0.717) is 13.2 Å². The molecule has 1 aliphatic rings. The Morgan fingerprint density at radius 1 is 1.38 bits per heavy atom. The van der Waals surface area contributed by atoms with E-state index in [1.165, 1.54) is 6.26 Å². The highest BCUT2D eigenvalue weighted by molar-refractivity contribution is 7.91. The summed E-state index contributed by atoms with van der Waals surface area (Å²) >= 11 is 0. The van der Waals surface area contributed by atoms with Crippen LogP contribution in [0.2, 0.25) is 0 Å². The molecule has 0 aromatic rings. The van der Waals surface area contributed by atoms with Gasteiger partial charge in [0.2, 0.25) is 0 Å². The first-order valence-electron chi connectivity index (χ1n) is 4.01. The van der Waals surface area contributed by atoms with Crippen LogP contribution in [0.1, 0.15) is 13.8 Å². The standard InChI is InChI=1S/C7H15O4PS/c1-7(2)4-10-12(8,11-5-7)6-13(3)9/h4-6H2,1-3H3. The average molecular weight is 226 g/mol. The lowest BCUT2D eigenvalue weighted by Gasteiger charge is -2.33. The van der Waals surface area contributed by atoms with Gasteiger partial charge in [-0.25, -0.2) is 0 Å². The summed E-state index contributed by atoms with van der Waals surface area (Å²) in [5, 5.41) is 0. The lowest BCUT2D eigenvalue weighted by molar-refractivity contribution is 0.0432. The third kappa shape index (κ3) is 3.50. The molecule has 1 saturated heterocycles. The van der Waals surface area contributed by atoms with Crippen molar-refractivity contribution < 1.29 is 17.8 Å². The summed E-state index contributed by atoms with van der Waals surface area (Å²) in [4.78, 5) is 0. The fraction of sp³-hybridized carbons (Fsp3) is 1.00. The molecule has 0 aromatic heterocycles. The maximum absolute atomic E-state index is 11.7. The Morgan fingerprint density at radius 3 is 2.23 bits per heavy atom. The second-order valence-corrected chi connectivity index (χ2v) is 7.94. The average Bonchev–Trinajstić information content (AvgIpc) is 1.95. The maximum atomic E-state index is 11.7. The molecule has 4 nitrogen and oxygen atoms in total. The quantitative estimate of drug-likeness (QED) is 0.671. The molecule has 1 atom stereocenters. The maximum Gasteiger partial charge on any atom is 0.343 e. The molecule has 0 spiro atoms. The first kappa shape index (κ1) is 11.4. The highest BCUT2D eigenvalue weighted by Gasteiger charge is 2.37. The largest absolute Gasteiger partial charge is 0.343 e. The van der Waals surface area contributed by atoms with Crippen LogP contribution in [0.15, 0.2) is 0 Å². The van der Waals surface area contributed by atoms with Gasteiger partial charge in [0.05, 0.1) is 13.2 Å². The number of rotatable bonds is 2. The van der Waals surface area contributed by atoms with Gasteiger partial charge < -0.3 is 9.05 Å². The Bertz CT molecular complexity index is 249. The van der Waals surface area contributed by atoms with Crippen molar-refractivity contribution in [2.45, 2.75) is 13.8 Å². The van der Waals surface area contributed by atoms with E-state index in [2.05, 4.69) is 0 Å². The second kappa shape index (κ2) is 3.81. The van der Waals surface area contributed by atoms with Gasteiger partial charge >= 0.3 is 7.60 Å². The van der Waals surface area contributed by atoms with Crippen molar-refractivity contribution >= 4 is 18.4 Å². The molecule has 0 radical (unpaired) electrons. The molecule has 13 heavy (non-hydrogen) atoms. The molecule has 1 rings (SSSR count). The Hall–Kier alpha value is 0.300. The zero-order chi connectivity index (χ0) is 10.1. The van der Waals surface area contributed by atoms with Gasteiger partial charge in [0, 0.05) is 22.5 Å². The molecular formula is C7H15O4PS. The molecule has 0 saturated carbocycles. The van der Waals surface area contributed by atoms with E-state index in [0.717, 1.165) is 0 Å². The molecule has 78 valence electrons. The van der Waals surface area contributed by atoms with Crippen LogP contribution in [-0.2, 0) is 24.4 Å². The zero-order valence-corrected chi connectivity index (χ0v) is 9.82. The van der Waals surface area contributed by atoms with Gasteiger partial charge in [0.25, 0.3) is 0 Å². The van der Waals surface area contributed by atoms with Gasteiger partial charge in [-0.1, -0.05) is 13.8 Å². The van der Waals surface area contributed by atoms with Crippen molar-refractivity contribution in [3.05, 3.63) is 0 Å². The van der Waals surface area contributed by atoms with Crippen LogP contribution >= 0.6 is 7.60 Å². The zero-order valence-electron chi connectivity index (χ0n) is 8.11. The van der Waals surface area contributed by atoms with Gasteiger partial charge in [0.1, 0.15) is 5.49 Å². The summed E-state index contributed by atoms with van der Waals surface area (Å²) in [7, 11) is -4.19. The molecule has 0 N–H and O–H groups in total. The fourth-order valence-corrected chi connectivity index (χ4v) is 4.47. The van der Waals surface area contributed by atoms with E-state index >= 15 is 0 Å². The molecule has 1 unspecified atom stereocenters.